The molecule has 1 aromatic carbocycles. The summed E-state index contributed by atoms with van der Waals surface area (Å²) in [6.45, 7) is 4.14. The summed E-state index contributed by atoms with van der Waals surface area (Å²) in [5, 5.41) is 16.2. The third kappa shape index (κ3) is 3.79. The van der Waals surface area contributed by atoms with Crippen LogP contribution in [0.3, 0.4) is 0 Å². The van der Waals surface area contributed by atoms with E-state index < -0.39 is 5.60 Å². The van der Waals surface area contributed by atoms with E-state index in [1.807, 2.05) is 37.2 Å². The summed E-state index contributed by atoms with van der Waals surface area (Å²) in [4.78, 5) is 14.0. The average Bonchev–Trinajstić information content (AvgIpc) is 2.81. The van der Waals surface area contributed by atoms with Crippen LogP contribution in [-0.2, 0) is 13.1 Å². The van der Waals surface area contributed by atoms with Crippen LogP contribution in [0.2, 0.25) is 0 Å². The van der Waals surface area contributed by atoms with E-state index in [1.165, 1.54) is 11.1 Å². The zero-order valence-electron chi connectivity index (χ0n) is 12.4. The molecule has 2 rings (SSSR count). The molecule has 5 nitrogen and oxygen atoms in total. The zero-order chi connectivity index (χ0) is 14.8. The van der Waals surface area contributed by atoms with Crippen LogP contribution >= 0.6 is 0 Å². The molecule has 1 aliphatic heterocycles. The Labute approximate surface area is 120 Å². The van der Waals surface area contributed by atoms with Gasteiger partial charge in [0.05, 0.1) is 5.60 Å². The molecular formula is C15H23N3O2. The van der Waals surface area contributed by atoms with Gasteiger partial charge in [0.25, 0.3) is 5.91 Å². The van der Waals surface area contributed by atoms with E-state index in [1.54, 1.807) is 6.92 Å². The maximum atomic E-state index is 12.1. The van der Waals surface area contributed by atoms with Crippen molar-refractivity contribution < 1.29 is 9.90 Å². The summed E-state index contributed by atoms with van der Waals surface area (Å²) in [5.74, 6) is -0.140. The number of hydrogen-bond donors (Lipinski definition) is 3. The van der Waals surface area contributed by atoms with Crippen LogP contribution in [0.25, 0.3) is 0 Å². The minimum absolute atomic E-state index is 0.140. The summed E-state index contributed by atoms with van der Waals surface area (Å²) in [7, 11) is 3.79. The van der Waals surface area contributed by atoms with Crippen LogP contribution in [-0.4, -0.2) is 48.7 Å². The summed E-state index contributed by atoms with van der Waals surface area (Å²) in [6, 6.07) is 5.75. The summed E-state index contributed by atoms with van der Waals surface area (Å²) >= 11 is 0. The first-order chi connectivity index (χ1) is 9.37. The number of fused-ring (bicyclic) bond motifs is 1. The van der Waals surface area contributed by atoms with Crippen molar-refractivity contribution >= 4 is 5.91 Å². The van der Waals surface area contributed by atoms with Crippen LogP contribution < -0.4 is 10.6 Å². The normalized spacial score (nSPS) is 16.9. The van der Waals surface area contributed by atoms with Gasteiger partial charge in [-0.15, -0.1) is 0 Å². The number of likely N-dealkylation sites (N-methyl/N-ethyl adjacent to an activating group) is 1. The molecule has 0 fully saturated rings. The monoisotopic (exact) mass is 277 g/mol. The van der Waals surface area contributed by atoms with E-state index >= 15 is 0 Å². The van der Waals surface area contributed by atoms with Crippen molar-refractivity contribution in [1.29, 1.82) is 0 Å². The second-order valence-electron chi connectivity index (χ2n) is 6.00. The lowest BCUT2D eigenvalue weighted by Crippen LogP contribution is -2.47. The smallest absolute Gasteiger partial charge is 0.251 e. The predicted molar refractivity (Wildman–Crippen MR) is 78.5 cm³/mol. The SMILES string of the molecule is CN(C)CC(C)(O)CNC(=O)c1ccc2c(c1)CNC2. The van der Waals surface area contributed by atoms with Crippen molar-refractivity contribution in [2.24, 2.45) is 0 Å². The topological polar surface area (TPSA) is 64.6 Å². The number of carbonyl (C=O) groups excluding carboxylic acids is 1. The zero-order valence-corrected chi connectivity index (χ0v) is 12.4. The van der Waals surface area contributed by atoms with Crippen LogP contribution in [0.15, 0.2) is 18.2 Å². The summed E-state index contributed by atoms with van der Waals surface area (Å²) in [5.41, 5.74) is 2.14. The fraction of sp³-hybridized carbons (Fsp3) is 0.533. The molecule has 0 bridgehead atoms. The molecule has 5 heteroatoms. The average molecular weight is 277 g/mol. The number of benzene rings is 1. The van der Waals surface area contributed by atoms with Crippen molar-refractivity contribution in [3.05, 3.63) is 34.9 Å². The third-order valence-electron chi connectivity index (χ3n) is 3.39. The number of rotatable bonds is 5. The first kappa shape index (κ1) is 15.0. The standard InChI is InChI=1S/C15H23N3O2/c1-15(20,10-18(2)3)9-17-14(19)11-4-5-12-7-16-8-13(12)6-11/h4-6,16,20H,7-10H2,1-3H3,(H,17,19). The van der Waals surface area contributed by atoms with Gasteiger partial charge in [-0.2, -0.15) is 0 Å². The molecule has 1 aliphatic rings. The molecule has 0 aliphatic carbocycles. The lowest BCUT2D eigenvalue weighted by atomic mass is 10.0. The van der Waals surface area contributed by atoms with Crippen LogP contribution in [0.1, 0.15) is 28.4 Å². The fourth-order valence-corrected chi connectivity index (χ4v) is 2.55. The Kier molecular flexibility index (Phi) is 4.42. The molecule has 0 spiro atoms. The fourth-order valence-electron chi connectivity index (χ4n) is 2.55. The van der Waals surface area contributed by atoms with Gasteiger partial charge in [-0.1, -0.05) is 6.07 Å². The van der Waals surface area contributed by atoms with E-state index in [-0.39, 0.29) is 12.5 Å². The Morgan fingerprint density at radius 3 is 2.80 bits per heavy atom. The number of carbonyl (C=O) groups is 1. The molecule has 0 saturated carbocycles. The molecule has 1 heterocycles. The first-order valence-electron chi connectivity index (χ1n) is 6.85. The second-order valence-corrected chi connectivity index (χ2v) is 6.00. The maximum Gasteiger partial charge on any atom is 0.251 e. The molecule has 1 unspecified atom stereocenters. The Balaban J connectivity index is 1.95. The minimum atomic E-state index is -0.933. The molecule has 1 atom stereocenters. The largest absolute Gasteiger partial charge is 0.387 e. The number of nitrogens with one attached hydrogen (secondary N) is 2. The molecular weight excluding hydrogens is 254 g/mol. The molecule has 3 N–H and O–H groups in total. The third-order valence-corrected chi connectivity index (χ3v) is 3.39. The highest BCUT2D eigenvalue weighted by Crippen LogP contribution is 2.17. The number of amides is 1. The quantitative estimate of drug-likeness (QED) is 0.726. The van der Waals surface area contributed by atoms with Crippen molar-refractivity contribution in [1.82, 2.24) is 15.5 Å². The van der Waals surface area contributed by atoms with Gasteiger partial charge >= 0.3 is 0 Å². The number of hydrogen-bond acceptors (Lipinski definition) is 4. The Hall–Kier alpha value is -1.43. The van der Waals surface area contributed by atoms with E-state index in [0.717, 1.165) is 13.1 Å². The van der Waals surface area contributed by atoms with Crippen molar-refractivity contribution in [3.63, 3.8) is 0 Å². The Bertz CT molecular complexity index is 498. The lowest BCUT2D eigenvalue weighted by molar-refractivity contribution is 0.0326. The van der Waals surface area contributed by atoms with E-state index in [0.29, 0.717) is 12.1 Å². The van der Waals surface area contributed by atoms with Crippen molar-refractivity contribution in [2.75, 3.05) is 27.2 Å². The van der Waals surface area contributed by atoms with Gasteiger partial charge < -0.3 is 20.6 Å². The molecule has 0 aromatic heterocycles. The van der Waals surface area contributed by atoms with E-state index in [2.05, 4.69) is 10.6 Å². The van der Waals surface area contributed by atoms with E-state index in [9.17, 15) is 9.90 Å². The minimum Gasteiger partial charge on any atom is -0.387 e. The first-order valence-corrected chi connectivity index (χ1v) is 6.85. The van der Waals surface area contributed by atoms with Gasteiger partial charge in [0.1, 0.15) is 0 Å². The maximum absolute atomic E-state index is 12.1. The lowest BCUT2D eigenvalue weighted by Gasteiger charge is -2.27. The molecule has 1 amide bonds. The van der Waals surface area contributed by atoms with Gasteiger partial charge in [-0.3, -0.25) is 4.79 Å². The highest BCUT2D eigenvalue weighted by Gasteiger charge is 2.22. The Morgan fingerprint density at radius 2 is 2.10 bits per heavy atom. The number of aliphatic hydroxyl groups is 1. The Morgan fingerprint density at radius 1 is 1.40 bits per heavy atom. The van der Waals surface area contributed by atoms with Crippen LogP contribution in [0, 0.1) is 0 Å². The highest BCUT2D eigenvalue weighted by molar-refractivity contribution is 5.94. The predicted octanol–water partition coefficient (Wildman–Crippen LogP) is 0.332. The second kappa shape index (κ2) is 5.91. The summed E-state index contributed by atoms with van der Waals surface area (Å²) in [6.07, 6.45) is 0. The van der Waals surface area contributed by atoms with Gasteiger partial charge in [0.15, 0.2) is 0 Å². The molecule has 1 aromatic rings. The van der Waals surface area contributed by atoms with Crippen molar-refractivity contribution in [3.8, 4) is 0 Å². The van der Waals surface area contributed by atoms with Gasteiger partial charge in [-0.05, 0) is 44.3 Å². The number of nitrogens with zero attached hydrogens (tertiary/aromatic N) is 1. The van der Waals surface area contributed by atoms with Crippen molar-refractivity contribution in [2.45, 2.75) is 25.6 Å². The van der Waals surface area contributed by atoms with Gasteiger partial charge in [0.2, 0.25) is 0 Å². The van der Waals surface area contributed by atoms with E-state index in [4.69, 9.17) is 0 Å². The van der Waals surface area contributed by atoms with Crippen LogP contribution in [0.5, 0.6) is 0 Å². The highest BCUT2D eigenvalue weighted by atomic mass is 16.3. The molecule has 0 saturated heterocycles. The van der Waals surface area contributed by atoms with Gasteiger partial charge in [-0.25, -0.2) is 0 Å². The molecule has 0 radical (unpaired) electrons. The summed E-state index contributed by atoms with van der Waals surface area (Å²) < 4.78 is 0. The van der Waals surface area contributed by atoms with Gasteiger partial charge in [0, 0.05) is 31.7 Å². The molecule has 110 valence electrons. The van der Waals surface area contributed by atoms with Crippen LogP contribution in [0.4, 0.5) is 0 Å². The molecule has 20 heavy (non-hydrogen) atoms.